The Balaban J connectivity index is 1.23. The lowest BCUT2D eigenvalue weighted by Crippen LogP contribution is -2.37. The van der Waals surface area contributed by atoms with Crippen LogP contribution in [0.2, 0.25) is 0 Å². The first-order chi connectivity index (χ1) is 17.7. The molecule has 0 bridgehead atoms. The van der Waals surface area contributed by atoms with Gasteiger partial charge in [0.1, 0.15) is 0 Å². The number of benzene rings is 3. The molecule has 1 amide bonds. The molecule has 0 radical (unpaired) electrons. The molecule has 1 fully saturated rings. The molecule has 1 saturated heterocycles. The highest BCUT2D eigenvalue weighted by Gasteiger charge is 2.38. The summed E-state index contributed by atoms with van der Waals surface area (Å²) in [7, 11) is 0. The molecule has 0 saturated carbocycles. The summed E-state index contributed by atoms with van der Waals surface area (Å²) in [6, 6.07) is 17.5. The first-order valence-electron chi connectivity index (χ1n) is 11.5. The van der Waals surface area contributed by atoms with Crippen molar-refractivity contribution in [1.82, 2.24) is 15.0 Å². The smallest absolute Gasteiger partial charge is 0.339 e. The minimum Gasteiger partial charge on any atom is -0.339 e. The average molecular weight is 513 g/mol. The fourth-order valence-corrected chi connectivity index (χ4v) is 4.46. The van der Waals surface area contributed by atoms with Gasteiger partial charge in [-0.2, -0.15) is 18.2 Å². The minimum absolute atomic E-state index is 0.176. The third kappa shape index (κ3) is 5.23. The van der Waals surface area contributed by atoms with Crippen molar-refractivity contribution in [2.24, 2.45) is 0 Å². The summed E-state index contributed by atoms with van der Waals surface area (Å²) in [5.74, 6) is -3.40. The van der Waals surface area contributed by atoms with Crippen molar-refractivity contribution in [3.8, 4) is 22.5 Å². The first kappa shape index (κ1) is 24.6. The molecule has 0 atom stereocenters. The zero-order valence-corrected chi connectivity index (χ0v) is 19.3. The van der Waals surface area contributed by atoms with E-state index in [4.69, 9.17) is 0 Å². The lowest BCUT2D eigenvalue weighted by Gasteiger charge is -2.32. The number of rotatable bonds is 4. The molecule has 1 aromatic heterocycles. The molecule has 0 spiro atoms. The molecular weight excluding hydrogens is 493 g/mol. The monoisotopic (exact) mass is 513 g/mol. The van der Waals surface area contributed by atoms with Crippen LogP contribution in [0, 0.1) is 11.6 Å². The Kier molecular flexibility index (Phi) is 6.49. The minimum atomic E-state index is -4.73. The summed E-state index contributed by atoms with van der Waals surface area (Å²) in [6.07, 6.45) is -3.27. The number of carbonyl (C=O) groups excluding carboxylic acids is 1. The zero-order chi connectivity index (χ0) is 26.2. The number of hydrogen-bond acceptors (Lipinski definition) is 4. The highest BCUT2D eigenvalue weighted by atomic mass is 19.4. The molecule has 3 aromatic carbocycles. The third-order valence-electron chi connectivity index (χ3n) is 6.45. The predicted octanol–water partition coefficient (Wildman–Crippen LogP) is 6.72. The Morgan fingerprint density at radius 3 is 2.19 bits per heavy atom. The van der Waals surface area contributed by atoms with Crippen LogP contribution in [0.15, 0.2) is 71.3 Å². The van der Waals surface area contributed by atoms with E-state index < -0.39 is 23.7 Å². The van der Waals surface area contributed by atoms with E-state index in [0.29, 0.717) is 29.8 Å². The van der Waals surface area contributed by atoms with Crippen molar-refractivity contribution in [1.29, 1.82) is 0 Å². The Bertz CT molecular complexity index is 1420. The third-order valence-corrected chi connectivity index (χ3v) is 6.45. The molecule has 0 aliphatic carbocycles. The van der Waals surface area contributed by atoms with Gasteiger partial charge in [-0.05, 0) is 59.7 Å². The second-order valence-corrected chi connectivity index (χ2v) is 8.82. The van der Waals surface area contributed by atoms with Gasteiger partial charge < -0.3 is 9.42 Å². The SMILES string of the molecule is O=C(c1ccc(-c2noc(C(F)(F)F)n2)cc1)N1CCC(c2cccc(-c3ccc(F)c(F)c3)c2)CC1. The normalized spacial score (nSPS) is 14.7. The Morgan fingerprint density at radius 1 is 0.865 bits per heavy atom. The van der Waals surface area contributed by atoms with Crippen LogP contribution in [0.3, 0.4) is 0 Å². The van der Waals surface area contributed by atoms with Gasteiger partial charge >= 0.3 is 12.1 Å². The summed E-state index contributed by atoms with van der Waals surface area (Å²) in [6.45, 7) is 1.06. The number of likely N-dealkylation sites (tertiary alicyclic amines) is 1. The van der Waals surface area contributed by atoms with Gasteiger partial charge in [-0.3, -0.25) is 4.79 Å². The Hall–Kier alpha value is -4.08. The average Bonchev–Trinajstić information content (AvgIpc) is 3.41. The molecule has 5 nitrogen and oxygen atoms in total. The van der Waals surface area contributed by atoms with Crippen molar-refractivity contribution < 1.29 is 31.3 Å². The topological polar surface area (TPSA) is 59.2 Å². The number of aromatic nitrogens is 2. The number of amides is 1. The summed E-state index contributed by atoms with van der Waals surface area (Å²) in [5, 5.41) is 3.35. The standard InChI is InChI=1S/C27H20F5N3O2/c28-22-9-8-21(15-23(22)29)20-3-1-2-19(14-20)16-10-12-35(13-11-16)25(36)18-6-4-17(5-7-18)24-33-26(37-34-24)27(30,31)32/h1-9,14-16H,10-13H2. The molecular formula is C27H20F5N3O2. The molecule has 190 valence electrons. The van der Waals surface area contributed by atoms with Gasteiger partial charge in [0.25, 0.3) is 5.91 Å². The van der Waals surface area contributed by atoms with Crippen LogP contribution in [0.4, 0.5) is 22.0 Å². The molecule has 0 unspecified atom stereocenters. The van der Waals surface area contributed by atoms with Gasteiger partial charge in [-0.15, -0.1) is 0 Å². The second kappa shape index (κ2) is 9.76. The molecule has 1 aliphatic rings. The van der Waals surface area contributed by atoms with Gasteiger partial charge in [-0.25, -0.2) is 8.78 Å². The lowest BCUT2D eigenvalue weighted by molar-refractivity contribution is -0.159. The van der Waals surface area contributed by atoms with Gasteiger partial charge in [-0.1, -0.05) is 47.6 Å². The van der Waals surface area contributed by atoms with E-state index in [-0.39, 0.29) is 17.6 Å². The number of halogens is 5. The van der Waals surface area contributed by atoms with E-state index in [2.05, 4.69) is 14.7 Å². The van der Waals surface area contributed by atoms with E-state index in [1.54, 1.807) is 4.90 Å². The Labute approximate surface area is 208 Å². The van der Waals surface area contributed by atoms with Crippen LogP contribution in [0.1, 0.15) is 40.6 Å². The van der Waals surface area contributed by atoms with Crippen molar-refractivity contribution >= 4 is 5.91 Å². The lowest BCUT2D eigenvalue weighted by atomic mass is 9.87. The maximum absolute atomic E-state index is 13.7. The molecule has 1 aliphatic heterocycles. The molecule has 0 N–H and O–H groups in total. The van der Waals surface area contributed by atoms with E-state index >= 15 is 0 Å². The summed E-state index contributed by atoms with van der Waals surface area (Å²) >= 11 is 0. The van der Waals surface area contributed by atoms with Crippen LogP contribution in [-0.2, 0) is 6.18 Å². The van der Waals surface area contributed by atoms with E-state index in [0.717, 1.165) is 30.0 Å². The van der Waals surface area contributed by atoms with Crippen molar-refractivity contribution in [2.45, 2.75) is 24.9 Å². The van der Waals surface area contributed by atoms with Crippen LogP contribution >= 0.6 is 0 Å². The molecule has 5 rings (SSSR count). The van der Waals surface area contributed by atoms with Gasteiger partial charge in [0, 0.05) is 24.2 Å². The van der Waals surface area contributed by atoms with Gasteiger partial charge in [0.2, 0.25) is 5.82 Å². The second-order valence-electron chi connectivity index (χ2n) is 8.82. The number of hydrogen-bond donors (Lipinski definition) is 0. The highest BCUT2D eigenvalue weighted by Crippen LogP contribution is 2.32. The van der Waals surface area contributed by atoms with Crippen LogP contribution < -0.4 is 0 Å². The maximum Gasteiger partial charge on any atom is 0.471 e. The van der Waals surface area contributed by atoms with E-state index in [1.807, 2.05) is 24.3 Å². The van der Waals surface area contributed by atoms with Crippen molar-refractivity contribution in [3.05, 3.63) is 95.4 Å². The van der Waals surface area contributed by atoms with Crippen LogP contribution in [0.25, 0.3) is 22.5 Å². The quantitative estimate of drug-likeness (QED) is 0.284. The zero-order valence-electron chi connectivity index (χ0n) is 19.3. The maximum atomic E-state index is 13.7. The molecule has 4 aromatic rings. The van der Waals surface area contributed by atoms with Crippen LogP contribution in [-0.4, -0.2) is 34.0 Å². The number of carbonyl (C=O) groups is 1. The van der Waals surface area contributed by atoms with Crippen LogP contribution in [0.5, 0.6) is 0 Å². The van der Waals surface area contributed by atoms with Gasteiger partial charge in [0.05, 0.1) is 0 Å². The van der Waals surface area contributed by atoms with Crippen molar-refractivity contribution in [3.63, 3.8) is 0 Å². The molecule has 2 heterocycles. The predicted molar refractivity (Wildman–Crippen MR) is 124 cm³/mol. The molecule has 10 heteroatoms. The highest BCUT2D eigenvalue weighted by molar-refractivity contribution is 5.94. The van der Waals surface area contributed by atoms with E-state index in [1.165, 1.54) is 36.4 Å². The number of alkyl halides is 3. The van der Waals surface area contributed by atoms with Crippen molar-refractivity contribution in [2.75, 3.05) is 13.1 Å². The number of nitrogens with zero attached hydrogens (tertiary/aromatic N) is 3. The fourth-order valence-electron chi connectivity index (χ4n) is 4.46. The summed E-state index contributed by atoms with van der Waals surface area (Å²) < 4.78 is 69.3. The summed E-state index contributed by atoms with van der Waals surface area (Å²) in [4.78, 5) is 18.1. The summed E-state index contributed by atoms with van der Waals surface area (Å²) in [5.41, 5.74) is 3.15. The largest absolute Gasteiger partial charge is 0.471 e. The first-order valence-corrected chi connectivity index (χ1v) is 11.5. The van der Waals surface area contributed by atoms with Gasteiger partial charge in [0.15, 0.2) is 11.6 Å². The van der Waals surface area contributed by atoms with E-state index in [9.17, 15) is 26.7 Å². The Morgan fingerprint density at radius 2 is 1.54 bits per heavy atom. The fraction of sp³-hybridized carbons (Fsp3) is 0.222. The number of piperidine rings is 1. The molecule has 37 heavy (non-hydrogen) atoms.